The molecule has 0 aromatic heterocycles. The van der Waals surface area contributed by atoms with Crippen LogP contribution < -0.4 is 4.90 Å². The summed E-state index contributed by atoms with van der Waals surface area (Å²) < 4.78 is 0. The smallest absolute Gasteiger partial charge is 0.0543 e. The number of anilines is 3. The summed E-state index contributed by atoms with van der Waals surface area (Å²) in [6.07, 6.45) is 12.4. The van der Waals surface area contributed by atoms with Crippen LogP contribution in [0.4, 0.5) is 17.1 Å². The minimum absolute atomic E-state index is 0.141. The fourth-order valence-corrected chi connectivity index (χ4v) is 11.0. The largest absolute Gasteiger partial charge is 0.309 e. The van der Waals surface area contributed by atoms with E-state index in [9.17, 15) is 0 Å². The molecule has 0 amide bonds. The van der Waals surface area contributed by atoms with Gasteiger partial charge in [0, 0.05) is 22.1 Å². The van der Waals surface area contributed by atoms with E-state index in [1.54, 1.807) is 0 Å². The van der Waals surface area contributed by atoms with Gasteiger partial charge in [-0.2, -0.15) is 0 Å². The van der Waals surface area contributed by atoms with E-state index >= 15 is 0 Å². The molecular formula is C50H49N. The van der Waals surface area contributed by atoms with Crippen molar-refractivity contribution >= 4 is 27.8 Å². The van der Waals surface area contributed by atoms with Crippen molar-refractivity contribution in [3.8, 4) is 22.3 Å². The molecule has 3 saturated carbocycles. The van der Waals surface area contributed by atoms with Crippen LogP contribution in [0.15, 0.2) is 127 Å². The molecule has 0 saturated heterocycles. The van der Waals surface area contributed by atoms with Gasteiger partial charge in [0.25, 0.3) is 0 Å². The lowest BCUT2D eigenvalue weighted by molar-refractivity contribution is 0.420. The van der Waals surface area contributed by atoms with Crippen molar-refractivity contribution in [2.24, 2.45) is 11.8 Å². The number of hydrogen-bond donors (Lipinski definition) is 0. The van der Waals surface area contributed by atoms with Crippen molar-refractivity contribution < 1.29 is 0 Å². The first-order valence-corrected chi connectivity index (χ1v) is 19.8. The second-order valence-electron chi connectivity index (χ2n) is 16.7. The molecule has 0 radical (unpaired) electrons. The third-order valence-corrected chi connectivity index (χ3v) is 13.5. The summed E-state index contributed by atoms with van der Waals surface area (Å²) in [5.74, 6) is 3.23. The molecule has 3 atom stereocenters. The number of rotatable bonds is 6. The molecule has 10 rings (SSSR count). The predicted octanol–water partition coefficient (Wildman–Crippen LogP) is 14.2. The van der Waals surface area contributed by atoms with Gasteiger partial charge in [-0.25, -0.2) is 0 Å². The topological polar surface area (TPSA) is 3.24 Å². The molecule has 0 aliphatic heterocycles. The molecular weight excluding hydrogens is 615 g/mol. The highest BCUT2D eigenvalue weighted by Gasteiger charge is 2.41. The Morgan fingerprint density at radius 2 is 1.37 bits per heavy atom. The van der Waals surface area contributed by atoms with Gasteiger partial charge in [-0.05, 0) is 124 Å². The van der Waals surface area contributed by atoms with Gasteiger partial charge in [0.15, 0.2) is 0 Å². The van der Waals surface area contributed by atoms with E-state index < -0.39 is 0 Å². The number of benzene rings is 6. The van der Waals surface area contributed by atoms with Crippen molar-refractivity contribution in [2.75, 3.05) is 4.90 Å². The second-order valence-corrected chi connectivity index (χ2v) is 16.7. The molecule has 4 aliphatic rings. The Morgan fingerprint density at radius 1 is 0.588 bits per heavy atom. The summed E-state index contributed by atoms with van der Waals surface area (Å²) in [4.78, 5) is 2.59. The first kappa shape index (κ1) is 31.1. The Labute approximate surface area is 304 Å². The van der Waals surface area contributed by atoms with Gasteiger partial charge in [-0.3, -0.25) is 0 Å². The molecule has 0 N–H and O–H groups in total. The Kier molecular flexibility index (Phi) is 7.49. The van der Waals surface area contributed by atoms with Crippen LogP contribution in [-0.2, 0) is 5.41 Å². The normalized spacial score (nSPS) is 21.9. The summed E-state index contributed by atoms with van der Waals surface area (Å²) in [6.45, 7) is 4.85. The Balaban J connectivity index is 1.19. The Morgan fingerprint density at radius 3 is 2.16 bits per heavy atom. The van der Waals surface area contributed by atoms with Crippen LogP contribution in [0.5, 0.6) is 0 Å². The zero-order valence-corrected chi connectivity index (χ0v) is 30.2. The van der Waals surface area contributed by atoms with Crippen LogP contribution in [0.3, 0.4) is 0 Å². The van der Waals surface area contributed by atoms with Crippen molar-refractivity contribution in [1.82, 2.24) is 0 Å². The summed E-state index contributed by atoms with van der Waals surface area (Å²) in [7, 11) is 0. The predicted molar refractivity (Wildman–Crippen MR) is 216 cm³/mol. The molecule has 3 unspecified atom stereocenters. The van der Waals surface area contributed by atoms with Crippen molar-refractivity contribution in [2.45, 2.75) is 88.9 Å². The number of fused-ring (bicyclic) bond motifs is 6. The molecule has 0 spiro atoms. The third-order valence-electron chi connectivity index (χ3n) is 13.5. The average Bonchev–Trinajstić information content (AvgIpc) is 3.89. The van der Waals surface area contributed by atoms with E-state index in [-0.39, 0.29) is 5.41 Å². The molecule has 3 fully saturated rings. The van der Waals surface area contributed by atoms with Gasteiger partial charge < -0.3 is 4.90 Å². The summed E-state index contributed by atoms with van der Waals surface area (Å²) in [6, 6.07) is 49.2. The van der Waals surface area contributed by atoms with Crippen LogP contribution in [0.1, 0.15) is 106 Å². The van der Waals surface area contributed by atoms with E-state index in [1.165, 1.54) is 130 Å². The van der Waals surface area contributed by atoms with Gasteiger partial charge >= 0.3 is 0 Å². The van der Waals surface area contributed by atoms with Crippen LogP contribution in [0, 0.1) is 11.8 Å². The van der Waals surface area contributed by atoms with Crippen LogP contribution >= 0.6 is 0 Å². The fraction of sp³-hybridized carbons (Fsp3) is 0.320. The molecule has 51 heavy (non-hydrogen) atoms. The molecule has 0 heterocycles. The van der Waals surface area contributed by atoms with Gasteiger partial charge in [0.05, 0.1) is 11.4 Å². The van der Waals surface area contributed by atoms with E-state index in [0.717, 1.165) is 17.8 Å². The van der Waals surface area contributed by atoms with Gasteiger partial charge in [0.2, 0.25) is 0 Å². The minimum Gasteiger partial charge on any atom is -0.309 e. The van der Waals surface area contributed by atoms with Crippen molar-refractivity contribution in [1.29, 1.82) is 0 Å². The van der Waals surface area contributed by atoms with Crippen molar-refractivity contribution in [3.05, 3.63) is 150 Å². The standard InChI is InChI=1S/C50H49N/c1-50(2)45-18-10-9-17-42(45)43-28-29-47(48(49(43)50)36-14-7-4-8-15-36)51(40-25-22-35(23-26-40)44-31-33-20-21-39(44)30-33)46-19-11-16-38-32-37(24-27-41(38)46)34-12-5-3-6-13-34/h4,7-11,14-19,22-29,32-34,39,44H,3,5-6,12-13,20-21,30-31H2,1-2H3. The van der Waals surface area contributed by atoms with Crippen LogP contribution in [0.2, 0.25) is 0 Å². The molecule has 4 aliphatic carbocycles. The highest BCUT2D eigenvalue weighted by Crippen LogP contribution is 2.57. The quantitative estimate of drug-likeness (QED) is 0.171. The first-order chi connectivity index (χ1) is 25.0. The molecule has 2 bridgehead atoms. The van der Waals surface area contributed by atoms with Crippen LogP contribution in [0.25, 0.3) is 33.0 Å². The summed E-state index contributed by atoms with van der Waals surface area (Å²) in [5.41, 5.74) is 14.8. The lowest BCUT2D eigenvalue weighted by Crippen LogP contribution is -2.19. The zero-order valence-electron chi connectivity index (χ0n) is 30.2. The van der Waals surface area contributed by atoms with Gasteiger partial charge in [-0.15, -0.1) is 0 Å². The minimum atomic E-state index is -0.141. The van der Waals surface area contributed by atoms with E-state index in [0.29, 0.717) is 5.92 Å². The second kappa shape index (κ2) is 12.3. The third kappa shape index (κ3) is 5.10. The Bertz CT molecular complexity index is 2240. The molecule has 254 valence electrons. The molecule has 1 heteroatoms. The monoisotopic (exact) mass is 663 g/mol. The van der Waals surface area contributed by atoms with E-state index in [2.05, 4.69) is 146 Å². The lowest BCUT2D eigenvalue weighted by atomic mass is 9.78. The summed E-state index contributed by atoms with van der Waals surface area (Å²) >= 11 is 0. The SMILES string of the molecule is CC1(C)c2ccccc2-c2ccc(N(c3ccc(C4CC5CCC4C5)cc3)c3cccc4cc(C5CCCCC5)ccc34)c(-c3ccccc3)c21. The van der Waals surface area contributed by atoms with Crippen LogP contribution in [-0.4, -0.2) is 0 Å². The molecule has 1 nitrogen and oxygen atoms in total. The van der Waals surface area contributed by atoms with Crippen molar-refractivity contribution in [3.63, 3.8) is 0 Å². The van der Waals surface area contributed by atoms with Gasteiger partial charge in [0.1, 0.15) is 0 Å². The summed E-state index contributed by atoms with van der Waals surface area (Å²) in [5, 5.41) is 2.66. The maximum absolute atomic E-state index is 2.59. The lowest BCUT2D eigenvalue weighted by Gasteiger charge is -2.33. The van der Waals surface area contributed by atoms with Gasteiger partial charge in [-0.1, -0.05) is 143 Å². The fourth-order valence-electron chi connectivity index (χ4n) is 11.0. The highest BCUT2D eigenvalue weighted by atomic mass is 15.1. The Hall–Kier alpha value is -4.62. The molecule has 6 aromatic rings. The van der Waals surface area contributed by atoms with E-state index in [4.69, 9.17) is 0 Å². The zero-order chi connectivity index (χ0) is 34.1. The number of nitrogens with zero attached hydrogens (tertiary/aromatic N) is 1. The average molecular weight is 664 g/mol. The maximum Gasteiger partial charge on any atom is 0.0543 e. The maximum atomic E-state index is 2.59. The highest BCUT2D eigenvalue weighted by molar-refractivity contribution is 6.03. The molecule has 6 aromatic carbocycles. The van der Waals surface area contributed by atoms with E-state index in [1.807, 2.05) is 0 Å². The first-order valence-electron chi connectivity index (χ1n) is 19.8. The number of hydrogen-bond acceptors (Lipinski definition) is 1.